The van der Waals surface area contributed by atoms with Crippen molar-refractivity contribution in [1.29, 1.82) is 0 Å². The number of pyridine rings is 1. The topological polar surface area (TPSA) is 64.8 Å². The Morgan fingerprint density at radius 1 is 1.50 bits per heavy atom. The molecule has 1 rings (SSSR count). The van der Waals surface area contributed by atoms with Gasteiger partial charge in [0.25, 0.3) is 0 Å². The number of carbonyl (C=O) groups excluding carboxylic acids is 1. The van der Waals surface area contributed by atoms with Crippen LogP contribution in [0.1, 0.15) is 27.7 Å². The van der Waals surface area contributed by atoms with E-state index >= 15 is 0 Å². The molecule has 7 heteroatoms. The summed E-state index contributed by atoms with van der Waals surface area (Å²) < 4.78 is 25.8. The van der Waals surface area contributed by atoms with Crippen molar-refractivity contribution in [2.75, 3.05) is 19.0 Å². The van der Waals surface area contributed by atoms with Gasteiger partial charge < -0.3 is 14.0 Å². The van der Waals surface area contributed by atoms with Crippen LogP contribution in [0.3, 0.4) is 0 Å². The van der Waals surface area contributed by atoms with Crippen LogP contribution in [0.25, 0.3) is 0 Å². The predicted molar refractivity (Wildman–Crippen MR) is 82.1 cm³/mol. The molecule has 0 aliphatic rings. The standard InChI is InChI=1S/C15H24FN3O3/c1-10(21-6)8-17-13-12(16)7-11(9-19(13)5)18-14(20)22-15(2,3)4/h7,9-10H,8H2,1-6H3,(H,18,20). The second-order valence-corrected chi connectivity index (χ2v) is 6.03. The molecule has 1 unspecified atom stereocenters. The van der Waals surface area contributed by atoms with E-state index in [0.717, 1.165) is 0 Å². The summed E-state index contributed by atoms with van der Waals surface area (Å²) in [6.45, 7) is 7.46. The Morgan fingerprint density at radius 2 is 2.14 bits per heavy atom. The maximum absolute atomic E-state index is 14.1. The maximum atomic E-state index is 14.1. The van der Waals surface area contributed by atoms with Crippen LogP contribution < -0.4 is 10.8 Å². The fraction of sp³-hybridized carbons (Fsp3) is 0.600. The fourth-order valence-corrected chi connectivity index (χ4v) is 1.64. The second kappa shape index (κ2) is 7.40. The van der Waals surface area contributed by atoms with Crippen LogP contribution in [0, 0.1) is 5.82 Å². The number of hydrogen-bond donors (Lipinski definition) is 1. The molecule has 1 aromatic rings. The number of nitrogens with zero attached hydrogens (tertiary/aromatic N) is 2. The molecule has 1 N–H and O–H groups in total. The molecule has 0 aliphatic carbocycles. The van der Waals surface area contributed by atoms with Gasteiger partial charge in [-0.05, 0) is 27.7 Å². The van der Waals surface area contributed by atoms with E-state index in [4.69, 9.17) is 9.47 Å². The lowest BCUT2D eigenvalue weighted by Gasteiger charge is -2.19. The van der Waals surface area contributed by atoms with Gasteiger partial charge >= 0.3 is 6.09 Å². The molecule has 0 radical (unpaired) electrons. The molecule has 0 spiro atoms. The Hall–Kier alpha value is -1.89. The quantitative estimate of drug-likeness (QED) is 0.928. The molecular formula is C15H24FN3O3. The highest BCUT2D eigenvalue weighted by Crippen LogP contribution is 2.11. The van der Waals surface area contributed by atoms with Gasteiger partial charge in [-0.15, -0.1) is 0 Å². The summed E-state index contributed by atoms with van der Waals surface area (Å²) in [6.07, 6.45) is 0.840. The minimum absolute atomic E-state index is 0.0982. The molecule has 0 saturated carbocycles. The third-order valence-electron chi connectivity index (χ3n) is 2.71. The van der Waals surface area contributed by atoms with E-state index in [1.54, 1.807) is 41.1 Å². The number of halogens is 1. The van der Waals surface area contributed by atoms with Crippen molar-refractivity contribution in [3.05, 3.63) is 23.6 Å². The number of amides is 1. The van der Waals surface area contributed by atoms with E-state index in [0.29, 0.717) is 12.2 Å². The zero-order valence-electron chi connectivity index (χ0n) is 13.9. The average Bonchev–Trinajstić information content (AvgIpc) is 2.34. The molecule has 6 nitrogen and oxygen atoms in total. The normalized spacial score (nSPS) is 13.9. The highest BCUT2D eigenvalue weighted by molar-refractivity contribution is 5.84. The lowest BCUT2D eigenvalue weighted by atomic mass is 10.2. The number of nitrogens with one attached hydrogen (secondary N) is 1. The Bertz CT molecular complexity index is 564. The number of carbonyl (C=O) groups is 1. The van der Waals surface area contributed by atoms with E-state index in [1.807, 2.05) is 6.92 Å². The van der Waals surface area contributed by atoms with Gasteiger partial charge in [-0.25, -0.2) is 9.18 Å². The molecule has 1 atom stereocenters. The molecule has 0 fully saturated rings. The van der Waals surface area contributed by atoms with Crippen molar-refractivity contribution in [2.24, 2.45) is 12.0 Å². The number of anilines is 1. The third-order valence-corrected chi connectivity index (χ3v) is 2.71. The number of ether oxygens (including phenoxy) is 2. The Kier molecular flexibility index (Phi) is 6.11. The summed E-state index contributed by atoms with van der Waals surface area (Å²) >= 11 is 0. The summed E-state index contributed by atoms with van der Waals surface area (Å²) in [7, 11) is 3.23. The molecule has 1 aromatic heterocycles. The van der Waals surface area contributed by atoms with Crippen LogP contribution in [0.5, 0.6) is 0 Å². The van der Waals surface area contributed by atoms with Gasteiger partial charge in [-0.3, -0.25) is 10.3 Å². The van der Waals surface area contributed by atoms with Gasteiger partial charge in [-0.1, -0.05) is 0 Å². The van der Waals surface area contributed by atoms with E-state index in [1.165, 1.54) is 10.6 Å². The summed E-state index contributed by atoms with van der Waals surface area (Å²) in [5.74, 6) is -0.528. The lowest BCUT2D eigenvalue weighted by Crippen LogP contribution is -2.29. The first kappa shape index (κ1) is 18.2. The Balaban J connectivity index is 2.92. The van der Waals surface area contributed by atoms with E-state index < -0.39 is 17.5 Å². The largest absolute Gasteiger partial charge is 0.444 e. The van der Waals surface area contributed by atoms with Crippen molar-refractivity contribution >= 4 is 11.8 Å². The second-order valence-electron chi connectivity index (χ2n) is 6.03. The molecule has 0 bridgehead atoms. The lowest BCUT2D eigenvalue weighted by molar-refractivity contribution is 0.0636. The number of rotatable bonds is 4. The first-order chi connectivity index (χ1) is 10.1. The van der Waals surface area contributed by atoms with Gasteiger partial charge in [-0.2, -0.15) is 0 Å². The van der Waals surface area contributed by atoms with Gasteiger partial charge in [0.15, 0.2) is 11.3 Å². The molecular weight excluding hydrogens is 289 g/mol. The summed E-state index contributed by atoms with van der Waals surface area (Å²) in [4.78, 5) is 15.9. The summed E-state index contributed by atoms with van der Waals surface area (Å²) in [5, 5.41) is 2.50. The average molecular weight is 313 g/mol. The highest BCUT2D eigenvalue weighted by atomic mass is 19.1. The zero-order valence-corrected chi connectivity index (χ0v) is 13.9. The number of hydrogen-bond acceptors (Lipinski definition) is 4. The van der Waals surface area contributed by atoms with Crippen molar-refractivity contribution in [2.45, 2.75) is 39.4 Å². The van der Waals surface area contributed by atoms with Crippen LogP contribution in [-0.2, 0) is 16.5 Å². The SMILES string of the molecule is COC(C)CN=c1c(F)cc(NC(=O)OC(C)(C)C)cn1C. The maximum Gasteiger partial charge on any atom is 0.412 e. The minimum atomic E-state index is -0.635. The number of methoxy groups -OCH3 is 1. The third kappa shape index (κ3) is 5.85. The van der Waals surface area contributed by atoms with Gasteiger partial charge in [0.1, 0.15) is 5.60 Å². The van der Waals surface area contributed by atoms with Crippen molar-refractivity contribution in [3.63, 3.8) is 0 Å². The van der Waals surface area contributed by atoms with Crippen LogP contribution in [-0.4, -0.2) is 36.0 Å². The number of aromatic nitrogens is 1. The molecule has 1 amide bonds. The van der Waals surface area contributed by atoms with E-state index in [9.17, 15) is 9.18 Å². The summed E-state index contributed by atoms with van der Waals surface area (Å²) in [5.41, 5.74) is -0.122. The molecule has 0 aromatic carbocycles. The molecule has 22 heavy (non-hydrogen) atoms. The van der Waals surface area contributed by atoms with Crippen molar-refractivity contribution in [1.82, 2.24) is 4.57 Å². The minimum Gasteiger partial charge on any atom is -0.444 e. The first-order valence-electron chi connectivity index (χ1n) is 7.02. The zero-order chi connectivity index (χ0) is 16.9. The summed E-state index contributed by atoms with van der Waals surface area (Å²) in [6, 6.07) is 1.21. The van der Waals surface area contributed by atoms with Crippen LogP contribution in [0.4, 0.5) is 14.9 Å². The van der Waals surface area contributed by atoms with Crippen LogP contribution in [0.2, 0.25) is 0 Å². The Morgan fingerprint density at radius 3 is 2.64 bits per heavy atom. The molecule has 0 aliphatic heterocycles. The number of aryl methyl sites for hydroxylation is 1. The molecule has 1 heterocycles. The van der Waals surface area contributed by atoms with Gasteiger partial charge in [0.05, 0.1) is 18.3 Å². The molecule has 0 saturated heterocycles. The van der Waals surface area contributed by atoms with Gasteiger partial charge in [0.2, 0.25) is 0 Å². The van der Waals surface area contributed by atoms with Crippen molar-refractivity contribution in [3.8, 4) is 0 Å². The predicted octanol–water partition coefficient (Wildman–Crippen LogP) is 2.45. The smallest absolute Gasteiger partial charge is 0.412 e. The van der Waals surface area contributed by atoms with E-state index in [2.05, 4.69) is 10.3 Å². The van der Waals surface area contributed by atoms with Gasteiger partial charge in [0, 0.05) is 26.4 Å². The van der Waals surface area contributed by atoms with Crippen molar-refractivity contribution < 1.29 is 18.7 Å². The highest BCUT2D eigenvalue weighted by Gasteiger charge is 2.16. The monoisotopic (exact) mass is 313 g/mol. The fourth-order valence-electron chi connectivity index (χ4n) is 1.64. The van der Waals surface area contributed by atoms with E-state index in [-0.39, 0.29) is 11.6 Å². The first-order valence-corrected chi connectivity index (χ1v) is 7.02. The van der Waals surface area contributed by atoms with Crippen LogP contribution in [0.15, 0.2) is 17.3 Å². The molecule has 124 valence electrons. The Labute approximate surface area is 130 Å². The van der Waals surface area contributed by atoms with Crippen LogP contribution >= 0.6 is 0 Å².